The van der Waals surface area contributed by atoms with Crippen LogP contribution in [0.4, 0.5) is 5.69 Å². The van der Waals surface area contributed by atoms with Crippen molar-refractivity contribution in [1.82, 2.24) is 19.9 Å². The lowest BCUT2D eigenvalue weighted by atomic mass is 9.62. The van der Waals surface area contributed by atoms with Crippen LogP contribution >= 0.6 is 11.6 Å². The third kappa shape index (κ3) is 3.06. The number of rotatable bonds is 4. The zero-order valence-corrected chi connectivity index (χ0v) is 17.2. The van der Waals surface area contributed by atoms with Gasteiger partial charge in [-0.25, -0.2) is 9.50 Å². The molecule has 1 saturated heterocycles. The summed E-state index contributed by atoms with van der Waals surface area (Å²) in [4.78, 5) is 18.0. The van der Waals surface area contributed by atoms with Crippen LogP contribution in [0.2, 0.25) is 5.02 Å². The van der Waals surface area contributed by atoms with Crippen LogP contribution in [0, 0.1) is 0 Å². The molecule has 6 nitrogen and oxygen atoms in total. The molecule has 1 unspecified atom stereocenters. The Balaban J connectivity index is 1.42. The molecule has 1 aromatic carbocycles. The molecule has 2 fully saturated rings. The van der Waals surface area contributed by atoms with E-state index in [1.807, 2.05) is 12.3 Å². The predicted molar refractivity (Wildman–Crippen MR) is 114 cm³/mol. The number of carbonyl (C=O) groups is 1. The molecule has 2 aliphatic rings. The van der Waals surface area contributed by atoms with Crippen molar-refractivity contribution in [3.05, 3.63) is 59.0 Å². The Hall–Kier alpha value is -2.60. The number of halogens is 1. The van der Waals surface area contributed by atoms with E-state index in [1.54, 1.807) is 17.6 Å². The number of hydrogen-bond donors (Lipinski definition) is 1. The van der Waals surface area contributed by atoms with E-state index in [4.69, 9.17) is 16.7 Å². The van der Waals surface area contributed by atoms with Gasteiger partial charge in [-0.2, -0.15) is 5.10 Å². The van der Waals surface area contributed by atoms with Crippen molar-refractivity contribution in [2.75, 3.05) is 18.0 Å². The summed E-state index contributed by atoms with van der Waals surface area (Å²) in [6.45, 7) is 3.39. The molecule has 1 atom stereocenters. The van der Waals surface area contributed by atoms with E-state index in [9.17, 15) is 4.79 Å². The number of hydrogen-bond acceptors (Lipinski definition) is 4. The smallest absolute Gasteiger partial charge is 0.217 e. The fraction of sp³-hybridized carbons (Fsp3) is 0.409. The number of nitrogens with zero attached hydrogens (tertiary/aromatic N) is 4. The lowest BCUT2D eigenvalue weighted by Crippen LogP contribution is -2.36. The first-order chi connectivity index (χ1) is 14.1. The Labute approximate surface area is 174 Å². The summed E-state index contributed by atoms with van der Waals surface area (Å²) in [6, 6.07) is 10.9. The Morgan fingerprint density at radius 2 is 2.07 bits per heavy atom. The summed E-state index contributed by atoms with van der Waals surface area (Å²) in [5, 5.41) is 8.48. The van der Waals surface area contributed by atoms with Crippen LogP contribution in [0.1, 0.15) is 43.9 Å². The molecule has 7 heteroatoms. The van der Waals surface area contributed by atoms with Gasteiger partial charge in [0, 0.05) is 49.6 Å². The molecule has 1 saturated carbocycles. The number of anilines is 1. The summed E-state index contributed by atoms with van der Waals surface area (Å²) >= 11 is 6.71. The van der Waals surface area contributed by atoms with Crippen molar-refractivity contribution < 1.29 is 4.79 Å². The van der Waals surface area contributed by atoms with E-state index in [-0.39, 0.29) is 17.4 Å². The molecule has 1 aliphatic carbocycles. The molecule has 150 valence electrons. The van der Waals surface area contributed by atoms with Crippen LogP contribution < -0.4 is 10.2 Å². The predicted octanol–water partition coefficient (Wildman–Crippen LogP) is 3.57. The summed E-state index contributed by atoms with van der Waals surface area (Å²) < 4.78 is 1.78. The minimum absolute atomic E-state index is 0.0398. The van der Waals surface area contributed by atoms with Gasteiger partial charge in [0.05, 0.1) is 5.69 Å². The van der Waals surface area contributed by atoms with Crippen LogP contribution in [-0.2, 0) is 10.2 Å². The molecule has 1 aliphatic heterocycles. The van der Waals surface area contributed by atoms with Gasteiger partial charge >= 0.3 is 0 Å². The fourth-order valence-electron chi connectivity index (χ4n) is 4.75. The Kier molecular flexibility index (Phi) is 4.46. The summed E-state index contributed by atoms with van der Waals surface area (Å²) in [5.74, 6) is 0.0398. The van der Waals surface area contributed by atoms with E-state index in [1.165, 1.54) is 17.7 Å². The van der Waals surface area contributed by atoms with Crippen molar-refractivity contribution in [3.8, 4) is 0 Å². The molecule has 29 heavy (non-hydrogen) atoms. The maximum Gasteiger partial charge on any atom is 0.217 e. The van der Waals surface area contributed by atoms with E-state index in [0.717, 1.165) is 38.0 Å². The molecule has 5 rings (SSSR count). The van der Waals surface area contributed by atoms with Gasteiger partial charge in [-0.05, 0) is 43.0 Å². The first-order valence-corrected chi connectivity index (χ1v) is 10.6. The van der Waals surface area contributed by atoms with E-state index in [0.29, 0.717) is 10.7 Å². The fourth-order valence-corrected chi connectivity index (χ4v) is 5.10. The second kappa shape index (κ2) is 7.02. The lowest BCUT2D eigenvalue weighted by molar-refractivity contribution is -0.119. The van der Waals surface area contributed by atoms with Gasteiger partial charge in [-0.15, -0.1) is 0 Å². The van der Waals surface area contributed by atoms with Gasteiger partial charge in [0.2, 0.25) is 5.91 Å². The Morgan fingerprint density at radius 1 is 1.28 bits per heavy atom. The molecular weight excluding hydrogens is 386 g/mol. The van der Waals surface area contributed by atoms with Crippen LogP contribution in [0.5, 0.6) is 0 Å². The van der Waals surface area contributed by atoms with Gasteiger partial charge in [-0.3, -0.25) is 4.79 Å². The molecular formula is C22H24ClN5O. The SMILES string of the molecule is CC(=O)NC1CCN(c2ccc(C3(c4nn5cccnc5c4Cl)CCC3)cc2)C1. The van der Waals surface area contributed by atoms with Crippen molar-refractivity contribution in [3.63, 3.8) is 0 Å². The van der Waals surface area contributed by atoms with E-state index < -0.39 is 0 Å². The maximum absolute atomic E-state index is 11.3. The average Bonchev–Trinajstić information content (AvgIpc) is 3.27. The van der Waals surface area contributed by atoms with Crippen molar-refractivity contribution >= 4 is 28.8 Å². The monoisotopic (exact) mass is 409 g/mol. The Morgan fingerprint density at radius 3 is 2.72 bits per heavy atom. The molecule has 3 heterocycles. The van der Waals surface area contributed by atoms with Gasteiger partial charge in [0.25, 0.3) is 0 Å². The topological polar surface area (TPSA) is 62.5 Å². The lowest BCUT2D eigenvalue weighted by Gasteiger charge is -2.41. The van der Waals surface area contributed by atoms with E-state index in [2.05, 4.69) is 39.5 Å². The van der Waals surface area contributed by atoms with Crippen molar-refractivity contribution in [2.24, 2.45) is 0 Å². The summed E-state index contributed by atoms with van der Waals surface area (Å²) in [6.07, 6.45) is 7.89. The maximum atomic E-state index is 11.3. The highest BCUT2D eigenvalue weighted by Crippen LogP contribution is 2.51. The zero-order chi connectivity index (χ0) is 20.0. The van der Waals surface area contributed by atoms with Crippen LogP contribution in [0.15, 0.2) is 42.7 Å². The molecule has 1 amide bonds. The average molecular weight is 410 g/mol. The number of aromatic nitrogens is 3. The second-order valence-corrected chi connectivity index (χ2v) is 8.54. The molecule has 3 aromatic rings. The van der Waals surface area contributed by atoms with Crippen molar-refractivity contribution in [2.45, 2.75) is 44.1 Å². The number of amides is 1. The van der Waals surface area contributed by atoms with Gasteiger partial charge in [-0.1, -0.05) is 30.2 Å². The molecule has 0 spiro atoms. The highest BCUT2D eigenvalue weighted by atomic mass is 35.5. The minimum atomic E-state index is -0.132. The normalized spacial score (nSPS) is 20.6. The van der Waals surface area contributed by atoms with Crippen molar-refractivity contribution in [1.29, 1.82) is 0 Å². The number of nitrogens with one attached hydrogen (secondary N) is 1. The summed E-state index contributed by atoms with van der Waals surface area (Å²) in [7, 11) is 0. The van der Waals surface area contributed by atoms with Gasteiger partial charge < -0.3 is 10.2 Å². The third-order valence-corrected chi connectivity index (χ3v) is 6.73. The highest BCUT2D eigenvalue weighted by Gasteiger charge is 2.44. The van der Waals surface area contributed by atoms with Gasteiger partial charge in [0.15, 0.2) is 5.65 Å². The standard InChI is InChI=1S/C22H24ClN5O/c1-15(29)25-17-8-13-27(14-17)18-6-4-16(5-7-18)22(9-2-10-22)20-19(23)21-24-11-3-12-28(21)26-20/h3-7,11-12,17H,2,8-10,13-14H2,1H3,(H,25,29). The second-order valence-electron chi connectivity index (χ2n) is 8.17. The first-order valence-electron chi connectivity index (χ1n) is 10.2. The quantitative estimate of drug-likeness (QED) is 0.715. The molecule has 1 N–H and O–H groups in total. The largest absolute Gasteiger partial charge is 0.369 e. The third-order valence-electron chi connectivity index (χ3n) is 6.38. The number of benzene rings is 1. The minimum Gasteiger partial charge on any atom is -0.369 e. The summed E-state index contributed by atoms with van der Waals surface area (Å²) in [5.41, 5.74) is 3.97. The van der Waals surface area contributed by atoms with Crippen LogP contribution in [-0.4, -0.2) is 39.6 Å². The number of fused-ring (bicyclic) bond motifs is 1. The zero-order valence-electron chi connectivity index (χ0n) is 16.4. The Bertz CT molecular complexity index is 1060. The highest BCUT2D eigenvalue weighted by molar-refractivity contribution is 6.34. The molecule has 0 radical (unpaired) electrons. The molecule has 2 aromatic heterocycles. The first kappa shape index (κ1) is 18.4. The molecule has 0 bridgehead atoms. The van der Waals surface area contributed by atoms with E-state index >= 15 is 0 Å². The number of carbonyl (C=O) groups excluding carboxylic acids is 1. The van der Waals surface area contributed by atoms with Gasteiger partial charge in [0.1, 0.15) is 5.02 Å². The van der Waals surface area contributed by atoms with Crippen LogP contribution in [0.25, 0.3) is 5.65 Å². The van der Waals surface area contributed by atoms with Crippen LogP contribution in [0.3, 0.4) is 0 Å².